The Hall–Kier alpha value is -8.15. The Morgan fingerprint density at radius 2 is 1.15 bits per heavy atom. The summed E-state index contributed by atoms with van der Waals surface area (Å²) in [5.74, 6) is 7.60. The summed E-state index contributed by atoms with van der Waals surface area (Å²) < 4.78 is 12.4. The lowest BCUT2D eigenvalue weighted by atomic mass is 10.1. The highest BCUT2D eigenvalue weighted by molar-refractivity contribution is 6.70. The van der Waals surface area contributed by atoms with Gasteiger partial charge in [-0.25, -0.2) is 30.4 Å². The number of alkyl carbamates (subject to hydrolysis) is 2. The van der Waals surface area contributed by atoms with Crippen molar-refractivity contribution in [1.29, 1.82) is 0 Å². The smallest absolute Gasteiger partial charge is 0.407 e. The van der Waals surface area contributed by atoms with Gasteiger partial charge in [-0.15, -0.1) is 10.2 Å². The van der Waals surface area contributed by atoms with Crippen LogP contribution in [0.2, 0.25) is 0 Å². The van der Waals surface area contributed by atoms with E-state index in [0.29, 0.717) is 29.6 Å². The second kappa shape index (κ2) is 21.0. The Labute approximate surface area is 398 Å². The maximum atomic E-state index is 11.9. The van der Waals surface area contributed by atoms with Gasteiger partial charge in [-0.2, -0.15) is 0 Å². The number of aliphatic imine (C=N–C) groups is 1. The molecule has 0 radical (unpaired) electrons. The van der Waals surface area contributed by atoms with Crippen molar-refractivity contribution in [3.05, 3.63) is 156 Å². The van der Waals surface area contributed by atoms with E-state index in [1.807, 2.05) is 128 Å². The zero-order valence-corrected chi connectivity index (χ0v) is 39.1. The number of ether oxygens (including phenoxy) is 2. The van der Waals surface area contributed by atoms with Gasteiger partial charge < -0.3 is 30.7 Å². The molecular formula is C50H51ClN12O5. The molecule has 2 aliphatic rings. The highest BCUT2D eigenvalue weighted by Gasteiger charge is 2.25. The number of fused-ring (bicyclic) bond motifs is 7. The van der Waals surface area contributed by atoms with Crippen molar-refractivity contribution in [2.24, 2.45) is 10.8 Å². The Kier molecular flexibility index (Phi) is 14.8. The van der Waals surface area contributed by atoms with Crippen molar-refractivity contribution in [2.75, 3.05) is 10.6 Å². The third kappa shape index (κ3) is 12.4. The van der Waals surface area contributed by atoms with Crippen LogP contribution in [-0.2, 0) is 22.6 Å². The van der Waals surface area contributed by atoms with E-state index in [0.717, 1.165) is 68.0 Å². The lowest BCUT2D eigenvalue weighted by Gasteiger charge is -2.19. The summed E-state index contributed by atoms with van der Waals surface area (Å²) in [5, 5.41) is 21.6. The zero-order valence-electron chi connectivity index (χ0n) is 38.3. The van der Waals surface area contributed by atoms with E-state index in [-0.39, 0.29) is 5.91 Å². The summed E-state index contributed by atoms with van der Waals surface area (Å²) in [7, 11) is 0. The number of nitrogen functional groups attached to an aromatic ring is 1. The Morgan fingerprint density at radius 3 is 1.75 bits per heavy atom. The van der Waals surface area contributed by atoms with E-state index in [1.54, 1.807) is 57.4 Å². The highest BCUT2D eigenvalue weighted by atomic mass is 35.5. The molecule has 0 bridgehead atoms. The molecule has 18 heteroatoms. The van der Waals surface area contributed by atoms with Crippen molar-refractivity contribution >= 4 is 63.6 Å². The lowest BCUT2D eigenvalue weighted by Crippen LogP contribution is -2.32. The number of para-hydroxylation sites is 2. The first-order valence-corrected chi connectivity index (χ1v) is 21.9. The number of nitrogens with zero attached hydrogens (tertiary/aromatic N) is 6. The van der Waals surface area contributed by atoms with Crippen molar-refractivity contribution in [1.82, 2.24) is 40.8 Å². The number of nitrogens with two attached hydrogens (primary N) is 1. The van der Waals surface area contributed by atoms with Crippen LogP contribution >= 0.6 is 11.6 Å². The molecule has 4 aromatic carbocycles. The summed E-state index contributed by atoms with van der Waals surface area (Å²) in [6, 6.07) is 38.0. The molecule has 348 valence electrons. The number of hydrazine groups is 1. The molecule has 17 nitrogen and oxygen atoms in total. The molecule has 2 aliphatic heterocycles. The molecule has 0 atom stereocenters. The van der Waals surface area contributed by atoms with E-state index < -0.39 is 23.4 Å². The molecule has 0 spiro atoms. The van der Waals surface area contributed by atoms with Crippen molar-refractivity contribution in [3.63, 3.8) is 0 Å². The van der Waals surface area contributed by atoms with Crippen LogP contribution in [0.25, 0.3) is 28.5 Å². The van der Waals surface area contributed by atoms with Gasteiger partial charge in [-0.1, -0.05) is 72.3 Å². The minimum atomic E-state index is -0.530. The van der Waals surface area contributed by atoms with Gasteiger partial charge in [0.2, 0.25) is 0 Å². The first-order chi connectivity index (χ1) is 32.5. The molecule has 7 aromatic rings. The minimum Gasteiger partial charge on any atom is -0.444 e. The summed E-state index contributed by atoms with van der Waals surface area (Å²) in [5.41, 5.74) is 9.50. The number of amides is 3. The van der Waals surface area contributed by atoms with Crippen LogP contribution in [0.15, 0.2) is 139 Å². The molecule has 0 saturated heterocycles. The number of aromatic nitrogens is 5. The van der Waals surface area contributed by atoms with Gasteiger partial charge in [0.1, 0.15) is 22.1 Å². The number of benzene rings is 4. The van der Waals surface area contributed by atoms with Gasteiger partial charge >= 0.3 is 12.2 Å². The fraction of sp³-hybridized carbons (Fsp3) is 0.200. The SMILES string of the molecule is CC(C)(C)OC(=O)NCc1ccc(-c2nnc3n2-c2cccnc2Nc2ccccc2-3)cc1.CC(C)(C)OC(=O)NCc1ccc(C(=O)NN)cc1.ClC1=Nc2cccnc2Nc2ccccc21. The summed E-state index contributed by atoms with van der Waals surface area (Å²) in [4.78, 5) is 47.7. The Morgan fingerprint density at radius 1 is 0.632 bits per heavy atom. The maximum absolute atomic E-state index is 11.9. The number of nitrogens with one attached hydrogen (secondary N) is 5. The van der Waals surface area contributed by atoms with Gasteiger partial charge in [0.05, 0.1) is 17.1 Å². The molecule has 5 heterocycles. The summed E-state index contributed by atoms with van der Waals surface area (Å²) in [6.45, 7) is 11.6. The Balaban J connectivity index is 0.000000166. The minimum absolute atomic E-state index is 0.333. The van der Waals surface area contributed by atoms with Crippen LogP contribution in [-0.4, -0.2) is 59.2 Å². The molecule has 3 aromatic heterocycles. The van der Waals surface area contributed by atoms with Gasteiger partial charge in [-0.3, -0.25) is 14.8 Å². The number of rotatable bonds is 6. The maximum Gasteiger partial charge on any atom is 0.407 e. The number of pyridine rings is 2. The van der Waals surface area contributed by atoms with Gasteiger partial charge in [0.25, 0.3) is 5.91 Å². The fourth-order valence-electron chi connectivity index (χ4n) is 6.72. The standard InChI is InChI=1S/C25H24N6O2.C13H19N3O3.C12H8ClN3/c1-25(2,3)33-24(32)27-15-16-10-12-17(13-11-16)22-29-30-23-18-7-4-5-8-19(18)28-21-20(31(22)23)9-6-14-26-21;1-13(2,3)19-12(18)15-8-9-4-6-10(7-5-9)11(17)16-14;13-11-8-4-1-2-5-9(8)16-12-10(15-11)6-3-7-14-12/h4-14H,15H2,1-3H3,(H,26,28)(H,27,32);4-7H,8,14H2,1-3H3,(H,15,18)(H,16,17);1-7H,(H,14,16). The molecule has 0 saturated carbocycles. The zero-order chi connectivity index (χ0) is 48.4. The number of carbonyl (C=O) groups is 3. The number of hydrogen-bond acceptors (Lipinski definition) is 13. The molecule has 68 heavy (non-hydrogen) atoms. The van der Waals surface area contributed by atoms with Crippen LogP contribution in [0.1, 0.15) is 68.6 Å². The second-order valence-electron chi connectivity index (χ2n) is 17.2. The predicted octanol–water partition coefficient (Wildman–Crippen LogP) is 9.85. The van der Waals surface area contributed by atoms with E-state index in [1.165, 1.54) is 0 Å². The topological polar surface area (TPSA) is 225 Å². The average molecular weight is 935 g/mol. The molecule has 0 fully saturated rings. The van der Waals surface area contributed by atoms with Crippen LogP contribution in [0.3, 0.4) is 0 Å². The van der Waals surface area contributed by atoms with Crippen LogP contribution < -0.4 is 32.5 Å². The summed E-state index contributed by atoms with van der Waals surface area (Å²) >= 11 is 6.16. The number of anilines is 4. The van der Waals surface area contributed by atoms with Gasteiger partial charge in [0, 0.05) is 47.7 Å². The fourth-order valence-corrected chi connectivity index (χ4v) is 6.97. The Bertz CT molecular complexity index is 2940. The van der Waals surface area contributed by atoms with Crippen molar-refractivity contribution < 1.29 is 23.9 Å². The van der Waals surface area contributed by atoms with E-state index in [9.17, 15) is 14.4 Å². The molecule has 3 amide bonds. The first-order valence-electron chi connectivity index (χ1n) is 21.5. The number of halogens is 1. The number of carbonyl (C=O) groups excluding carboxylic acids is 3. The largest absolute Gasteiger partial charge is 0.444 e. The van der Waals surface area contributed by atoms with Crippen LogP contribution in [0.4, 0.5) is 38.3 Å². The molecule has 9 rings (SSSR count). The molecule has 0 unspecified atom stereocenters. The van der Waals surface area contributed by atoms with E-state index in [4.69, 9.17) is 26.9 Å². The normalized spacial score (nSPS) is 11.9. The quantitative estimate of drug-likeness (QED) is 0.0521. The average Bonchev–Trinajstić information content (AvgIpc) is 3.62. The second-order valence-corrected chi connectivity index (χ2v) is 17.6. The molecule has 0 aliphatic carbocycles. The summed E-state index contributed by atoms with van der Waals surface area (Å²) in [6.07, 6.45) is 2.57. The van der Waals surface area contributed by atoms with E-state index in [2.05, 4.69) is 46.4 Å². The van der Waals surface area contributed by atoms with Gasteiger partial charge in [0.15, 0.2) is 23.3 Å². The van der Waals surface area contributed by atoms with Crippen LogP contribution in [0.5, 0.6) is 0 Å². The van der Waals surface area contributed by atoms with Crippen molar-refractivity contribution in [3.8, 4) is 28.5 Å². The van der Waals surface area contributed by atoms with Crippen molar-refractivity contribution in [2.45, 2.75) is 65.8 Å². The van der Waals surface area contributed by atoms with E-state index >= 15 is 0 Å². The van der Waals surface area contributed by atoms with Crippen LogP contribution in [0, 0.1) is 0 Å². The molecular weight excluding hydrogens is 884 g/mol. The third-order valence-electron chi connectivity index (χ3n) is 9.75. The lowest BCUT2D eigenvalue weighted by molar-refractivity contribution is 0.0512. The highest BCUT2D eigenvalue weighted by Crippen LogP contribution is 2.39. The first kappa shape index (κ1) is 47.8. The molecule has 7 N–H and O–H groups in total. The number of hydrogen-bond donors (Lipinski definition) is 6. The predicted molar refractivity (Wildman–Crippen MR) is 264 cm³/mol. The third-order valence-corrected chi connectivity index (χ3v) is 10.0. The monoisotopic (exact) mass is 934 g/mol. The van der Waals surface area contributed by atoms with Gasteiger partial charge in [-0.05, 0) is 113 Å².